The molecule has 6 nitrogen and oxygen atoms in total. The first kappa shape index (κ1) is 15.9. The summed E-state index contributed by atoms with van der Waals surface area (Å²) in [6.07, 6.45) is 1.68. The van der Waals surface area contributed by atoms with Gasteiger partial charge in [-0.25, -0.2) is 15.0 Å². The topological polar surface area (TPSA) is 80.9 Å². The Morgan fingerprint density at radius 2 is 1.88 bits per heavy atom. The molecule has 1 aromatic carbocycles. The standard InChI is InChI=1S/C18H18N4O2/c1-11-9-10-19-17(20-11)12(2)21-18(23)15-16(24-13(3)22-15)14-7-5-4-6-8-14/h4-10,12H,1-3H3,(H,21,23). The number of carbonyl (C=O) groups excluding carboxylic acids is 1. The van der Waals surface area contributed by atoms with Gasteiger partial charge in [0, 0.05) is 24.4 Å². The van der Waals surface area contributed by atoms with Gasteiger partial charge >= 0.3 is 0 Å². The SMILES string of the molecule is Cc1ccnc(C(C)NC(=O)c2nc(C)oc2-c2ccccc2)n1. The van der Waals surface area contributed by atoms with Gasteiger partial charge in [-0.1, -0.05) is 30.3 Å². The minimum atomic E-state index is -0.335. The third-order valence-electron chi connectivity index (χ3n) is 3.53. The Labute approximate surface area is 140 Å². The van der Waals surface area contributed by atoms with Crippen LogP contribution in [-0.2, 0) is 0 Å². The third-order valence-corrected chi connectivity index (χ3v) is 3.53. The van der Waals surface area contributed by atoms with E-state index < -0.39 is 0 Å². The second kappa shape index (κ2) is 6.62. The van der Waals surface area contributed by atoms with Crippen LogP contribution in [0.4, 0.5) is 0 Å². The number of nitrogens with one attached hydrogen (secondary N) is 1. The molecule has 1 N–H and O–H groups in total. The predicted molar refractivity (Wildman–Crippen MR) is 89.3 cm³/mol. The summed E-state index contributed by atoms with van der Waals surface area (Å²) in [5.41, 5.74) is 1.92. The van der Waals surface area contributed by atoms with Crippen LogP contribution in [0.3, 0.4) is 0 Å². The molecule has 3 rings (SSSR count). The molecule has 0 fully saturated rings. The fourth-order valence-electron chi connectivity index (χ4n) is 2.37. The number of amides is 1. The van der Waals surface area contributed by atoms with E-state index in [4.69, 9.17) is 4.42 Å². The first-order valence-corrected chi connectivity index (χ1v) is 7.68. The van der Waals surface area contributed by atoms with E-state index >= 15 is 0 Å². The minimum Gasteiger partial charge on any atom is -0.440 e. The van der Waals surface area contributed by atoms with Crippen molar-refractivity contribution in [3.05, 3.63) is 65.7 Å². The zero-order chi connectivity index (χ0) is 17.1. The van der Waals surface area contributed by atoms with Gasteiger partial charge in [-0.2, -0.15) is 0 Å². The van der Waals surface area contributed by atoms with Crippen LogP contribution in [-0.4, -0.2) is 20.9 Å². The molecule has 122 valence electrons. The highest BCUT2D eigenvalue weighted by atomic mass is 16.4. The fraction of sp³-hybridized carbons (Fsp3) is 0.222. The predicted octanol–water partition coefficient (Wildman–Crippen LogP) is 3.24. The van der Waals surface area contributed by atoms with Crippen molar-refractivity contribution in [2.75, 3.05) is 0 Å². The highest BCUT2D eigenvalue weighted by Crippen LogP contribution is 2.25. The Hall–Kier alpha value is -3.02. The maximum absolute atomic E-state index is 12.6. The van der Waals surface area contributed by atoms with E-state index in [1.165, 1.54) is 0 Å². The first-order valence-electron chi connectivity index (χ1n) is 7.68. The number of aryl methyl sites for hydroxylation is 2. The Bertz CT molecular complexity index is 858. The van der Waals surface area contributed by atoms with E-state index in [2.05, 4.69) is 20.3 Å². The molecular formula is C18H18N4O2. The summed E-state index contributed by atoms with van der Waals surface area (Å²) in [5.74, 6) is 1.15. The molecule has 1 unspecified atom stereocenters. The Morgan fingerprint density at radius 3 is 2.58 bits per heavy atom. The normalized spacial score (nSPS) is 12.0. The summed E-state index contributed by atoms with van der Waals surface area (Å²) in [6, 6.07) is 10.9. The van der Waals surface area contributed by atoms with Gasteiger partial charge in [-0.3, -0.25) is 4.79 Å². The number of oxazole rings is 1. The molecule has 2 heterocycles. The van der Waals surface area contributed by atoms with E-state index in [1.54, 1.807) is 13.1 Å². The molecule has 24 heavy (non-hydrogen) atoms. The van der Waals surface area contributed by atoms with Crippen LogP contribution in [0.15, 0.2) is 47.0 Å². The zero-order valence-electron chi connectivity index (χ0n) is 13.8. The van der Waals surface area contributed by atoms with Crippen LogP contribution in [0.1, 0.15) is 40.9 Å². The molecule has 1 atom stereocenters. The van der Waals surface area contributed by atoms with Crippen molar-refractivity contribution in [1.29, 1.82) is 0 Å². The van der Waals surface area contributed by atoms with Crippen LogP contribution in [0.2, 0.25) is 0 Å². The van der Waals surface area contributed by atoms with Gasteiger partial charge in [0.15, 0.2) is 17.3 Å². The van der Waals surface area contributed by atoms with Gasteiger partial charge < -0.3 is 9.73 Å². The minimum absolute atomic E-state index is 0.262. The smallest absolute Gasteiger partial charge is 0.274 e. The van der Waals surface area contributed by atoms with Gasteiger partial charge in [0.25, 0.3) is 5.91 Å². The maximum Gasteiger partial charge on any atom is 0.274 e. The van der Waals surface area contributed by atoms with Crippen LogP contribution < -0.4 is 5.32 Å². The fourth-order valence-corrected chi connectivity index (χ4v) is 2.37. The van der Waals surface area contributed by atoms with Crippen LogP contribution in [0.25, 0.3) is 11.3 Å². The monoisotopic (exact) mass is 322 g/mol. The lowest BCUT2D eigenvalue weighted by atomic mass is 10.1. The molecule has 0 spiro atoms. The van der Waals surface area contributed by atoms with Crippen molar-refractivity contribution in [2.45, 2.75) is 26.8 Å². The number of rotatable bonds is 4. The molecule has 6 heteroatoms. The van der Waals surface area contributed by atoms with E-state index in [9.17, 15) is 4.79 Å². The average Bonchev–Trinajstić information content (AvgIpc) is 2.97. The van der Waals surface area contributed by atoms with Crippen molar-refractivity contribution in [3.8, 4) is 11.3 Å². The Morgan fingerprint density at radius 1 is 1.12 bits per heavy atom. The van der Waals surface area contributed by atoms with Gasteiger partial charge in [-0.05, 0) is 19.9 Å². The molecule has 0 aliphatic rings. The first-order chi connectivity index (χ1) is 11.5. The summed E-state index contributed by atoms with van der Waals surface area (Å²) < 4.78 is 5.63. The average molecular weight is 322 g/mol. The summed E-state index contributed by atoms with van der Waals surface area (Å²) in [5, 5.41) is 2.88. The zero-order valence-corrected chi connectivity index (χ0v) is 13.8. The largest absolute Gasteiger partial charge is 0.440 e. The summed E-state index contributed by atoms with van der Waals surface area (Å²) in [4.78, 5) is 25.4. The molecule has 0 aliphatic heterocycles. The molecule has 0 aliphatic carbocycles. The maximum atomic E-state index is 12.6. The number of hydrogen-bond acceptors (Lipinski definition) is 5. The lowest BCUT2D eigenvalue weighted by Crippen LogP contribution is -2.28. The van der Waals surface area contributed by atoms with Gasteiger partial charge in [-0.15, -0.1) is 0 Å². The van der Waals surface area contributed by atoms with Gasteiger partial charge in [0.1, 0.15) is 5.82 Å². The second-order valence-electron chi connectivity index (χ2n) is 5.53. The summed E-state index contributed by atoms with van der Waals surface area (Å²) in [7, 11) is 0. The lowest BCUT2D eigenvalue weighted by Gasteiger charge is -2.12. The highest BCUT2D eigenvalue weighted by Gasteiger charge is 2.22. The van der Waals surface area contributed by atoms with Crippen molar-refractivity contribution in [3.63, 3.8) is 0 Å². The molecule has 1 amide bonds. The quantitative estimate of drug-likeness (QED) is 0.797. The number of nitrogens with zero attached hydrogens (tertiary/aromatic N) is 3. The summed E-state index contributed by atoms with van der Waals surface area (Å²) >= 11 is 0. The molecule has 0 saturated heterocycles. The van der Waals surface area contributed by atoms with Crippen LogP contribution >= 0.6 is 0 Å². The molecule has 0 saturated carbocycles. The molecular weight excluding hydrogens is 304 g/mol. The van der Waals surface area contributed by atoms with Crippen molar-refractivity contribution >= 4 is 5.91 Å². The number of aromatic nitrogens is 3. The summed E-state index contributed by atoms with van der Waals surface area (Å²) in [6.45, 7) is 5.44. The highest BCUT2D eigenvalue weighted by molar-refractivity contribution is 5.97. The van der Waals surface area contributed by atoms with E-state index in [1.807, 2.05) is 50.2 Å². The molecule has 3 aromatic rings. The molecule has 2 aromatic heterocycles. The number of benzene rings is 1. The van der Waals surface area contributed by atoms with E-state index in [0.29, 0.717) is 17.5 Å². The van der Waals surface area contributed by atoms with E-state index in [-0.39, 0.29) is 17.6 Å². The Balaban J connectivity index is 1.86. The lowest BCUT2D eigenvalue weighted by molar-refractivity contribution is 0.0934. The van der Waals surface area contributed by atoms with Crippen LogP contribution in [0, 0.1) is 13.8 Å². The van der Waals surface area contributed by atoms with E-state index in [0.717, 1.165) is 11.3 Å². The second-order valence-corrected chi connectivity index (χ2v) is 5.53. The molecule has 0 bridgehead atoms. The molecule has 0 radical (unpaired) electrons. The van der Waals surface area contributed by atoms with Crippen molar-refractivity contribution < 1.29 is 9.21 Å². The Kier molecular flexibility index (Phi) is 4.37. The number of carbonyl (C=O) groups is 1. The van der Waals surface area contributed by atoms with Gasteiger partial charge in [0.05, 0.1) is 6.04 Å². The van der Waals surface area contributed by atoms with Crippen LogP contribution in [0.5, 0.6) is 0 Å². The van der Waals surface area contributed by atoms with Crippen molar-refractivity contribution in [2.24, 2.45) is 0 Å². The van der Waals surface area contributed by atoms with Crippen molar-refractivity contribution in [1.82, 2.24) is 20.3 Å². The number of hydrogen-bond donors (Lipinski definition) is 1. The third kappa shape index (κ3) is 3.32. The van der Waals surface area contributed by atoms with Gasteiger partial charge in [0.2, 0.25) is 0 Å².